The van der Waals surface area contributed by atoms with Crippen molar-refractivity contribution < 1.29 is 52.1 Å². The molecule has 0 aromatic rings. The zero-order valence-corrected chi connectivity index (χ0v) is 30.3. The second kappa shape index (κ2) is 10.9. The smallest absolute Gasteiger partial charge is 0.341 e. The number of methoxy groups -OCH3 is 1. The summed E-state index contributed by atoms with van der Waals surface area (Å²) in [6, 6.07) is 0. The van der Waals surface area contributed by atoms with Gasteiger partial charge in [-0.25, -0.2) is 9.59 Å². The summed E-state index contributed by atoms with van der Waals surface area (Å²) in [5, 5.41) is 11.0. The van der Waals surface area contributed by atoms with Gasteiger partial charge in [0.2, 0.25) is 0 Å². The van der Waals surface area contributed by atoms with Crippen LogP contribution in [0.3, 0.4) is 0 Å². The molecule has 5 aliphatic rings. The van der Waals surface area contributed by atoms with Crippen LogP contribution in [0, 0.1) is 28.6 Å². The molecule has 0 amide bonds. The van der Waals surface area contributed by atoms with Gasteiger partial charge in [-0.15, -0.1) is 0 Å². The fourth-order valence-electron chi connectivity index (χ4n) is 9.37. The van der Waals surface area contributed by atoms with E-state index in [1.165, 1.54) is 13.2 Å². The normalized spacial score (nSPS) is 40.6. The molecule has 11 nitrogen and oxygen atoms in total. The van der Waals surface area contributed by atoms with Gasteiger partial charge in [0.05, 0.1) is 26.2 Å². The Balaban J connectivity index is 1.87. The molecule has 250 valence electrons. The van der Waals surface area contributed by atoms with Gasteiger partial charge in [-0.2, -0.15) is 0 Å². The Morgan fingerprint density at radius 1 is 1.02 bits per heavy atom. The molecule has 5 rings (SSSR count). The maximum Gasteiger partial charge on any atom is 0.341 e. The lowest BCUT2D eigenvalue weighted by Gasteiger charge is -2.69. The Morgan fingerprint density at radius 3 is 2.20 bits per heavy atom. The molecule has 2 heterocycles. The summed E-state index contributed by atoms with van der Waals surface area (Å²) in [4.78, 5) is 54.6. The predicted octanol–water partition coefficient (Wildman–Crippen LogP) is 4.24. The molecule has 1 spiro atoms. The number of rotatable bonds is 7. The van der Waals surface area contributed by atoms with E-state index in [2.05, 4.69) is 0 Å². The largest absolute Gasteiger partial charge is 0.504 e. The fourth-order valence-corrected chi connectivity index (χ4v) is 11.5. The van der Waals surface area contributed by atoms with Gasteiger partial charge in [0, 0.05) is 35.7 Å². The zero-order chi connectivity index (χ0) is 33.7. The van der Waals surface area contributed by atoms with Crippen LogP contribution >= 0.6 is 0 Å². The molecule has 2 saturated carbocycles. The number of hydrogen-bond acceptors (Lipinski definition) is 11. The molecule has 1 N–H and O–H groups in total. The van der Waals surface area contributed by atoms with E-state index in [9.17, 15) is 24.3 Å². The first kappa shape index (κ1) is 34.0. The highest BCUT2D eigenvalue weighted by Crippen LogP contribution is 2.74. The fraction of sp³-hybridized carbons (Fsp3) is 0.750. The Kier molecular flexibility index (Phi) is 8.21. The molecule has 13 heteroatoms. The van der Waals surface area contributed by atoms with Crippen molar-refractivity contribution in [2.45, 2.75) is 110 Å². The van der Waals surface area contributed by atoms with Gasteiger partial charge in [0.15, 0.2) is 33.8 Å². The number of carbonyl (C=O) groups is 4. The summed E-state index contributed by atoms with van der Waals surface area (Å²) in [6.07, 6.45) is -2.76. The lowest BCUT2D eigenvalue weighted by Crippen LogP contribution is -2.80. The maximum atomic E-state index is 14.1. The van der Waals surface area contributed by atoms with Crippen LogP contribution in [0.25, 0.3) is 0 Å². The number of esters is 3. The van der Waals surface area contributed by atoms with Gasteiger partial charge in [-0.3, -0.25) is 9.59 Å². The van der Waals surface area contributed by atoms with Crippen LogP contribution in [0.1, 0.15) is 40.5 Å². The highest BCUT2D eigenvalue weighted by atomic mass is 28.4. The maximum absolute atomic E-state index is 14.1. The number of ketones is 1. The Hall–Kier alpha value is -2.33. The quantitative estimate of drug-likeness (QED) is 0.181. The number of aliphatic hydroxyl groups is 1. The van der Waals surface area contributed by atoms with Gasteiger partial charge in [-0.05, 0) is 71.0 Å². The number of hydrogen-bond donors (Lipinski definition) is 1. The molecule has 2 bridgehead atoms. The van der Waals surface area contributed by atoms with Crippen LogP contribution in [-0.4, -0.2) is 89.2 Å². The third kappa shape index (κ3) is 5.08. The van der Waals surface area contributed by atoms with Crippen molar-refractivity contribution in [3.05, 3.63) is 23.0 Å². The summed E-state index contributed by atoms with van der Waals surface area (Å²) >= 11 is 0. The van der Waals surface area contributed by atoms with Gasteiger partial charge >= 0.3 is 17.9 Å². The summed E-state index contributed by atoms with van der Waals surface area (Å²) in [5.74, 6) is -4.74. The van der Waals surface area contributed by atoms with Crippen molar-refractivity contribution >= 4 is 40.3 Å². The number of Topliss-reactive ketones (excluding diaryl/α,β-unsaturated/α-hetero) is 1. The number of aliphatic hydroxyl groups excluding tert-OH is 1. The van der Waals surface area contributed by atoms with E-state index in [-0.39, 0.29) is 25.2 Å². The van der Waals surface area contributed by atoms with Crippen LogP contribution < -0.4 is 0 Å². The van der Waals surface area contributed by atoms with E-state index in [0.29, 0.717) is 11.1 Å². The second-order valence-corrected chi connectivity index (χ2v) is 24.8. The van der Waals surface area contributed by atoms with E-state index < -0.39 is 98.9 Å². The average molecular weight is 665 g/mol. The molecule has 0 aromatic heterocycles. The predicted molar refractivity (Wildman–Crippen MR) is 167 cm³/mol. The lowest BCUT2D eigenvalue weighted by atomic mass is 9.38. The molecule has 2 saturated heterocycles. The zero-order valence-electron chi connectivity index (χ0n) is 28.3. The van der Waals surface area contributed by atoms with Crippen LogP contribution in [-0.2, 0) is 47.0 Å². The summed E-state index contributed by atoms with van der Waals surface area (Å²) in [5.41, 5.74) is -2.74. The number of fused-ring (bicyclic) bond motifs is 2. The van der Waals surface area contributed by atoms with E-state index in [1.54, 1.807) is 20.8 Å². The summed E-state index contributed by atoms with van der Waals surface area (Å²) in [6.45, 7) is 19.3. The van der Waals surface area contributed by atoms with E-state index in [1.807, 2.05) is 46.2 Å². The van der Waals surface area contributed by atoms with Gasteiger partial charge in [0.25, 0.3) is 0 Å². The van der Waals surface area contributed by atoms with Crippen molar-refractivity contribution in [1.29, 1.82) is 0 Å². The minimum absolute atomic E-state index is 0.0333. The first-order valence-corrected chi connectivity index (χ1v) is 22.5. The minimum atomic E-state index is -2.44. The molecule has 0 aromatic carbocycles. The van der Waals surface area contributed by atoms with Crippen molar-refractivity contribution in [2.24, 2.45) is 28.6 Å². The standard InChI is InChI=1S/C32H48O11Si2/c1-16(2)12-20(34)40-24-22-17(3)23(36)18(33)14-30(22,4)26-25(42-44(6,7)8)28(43-45(9,10)11)32(29(37)38-5)19-13-21(35)41-27(24)31(19,26)15-39-32/h12,19,22,24-28,36H,13-15H2,1-11H3/t19-,22-,24-,25-,26-,27-,28+,30+,31+,32+/m1/s1. The highest BCUT2D eigenvalue weighted by molar-refractivity contribution is 6.70. The number of carbonyl (C=O) groups excluding carboxylic acids is 4. The van der Waals surface area contributed by atoms with Gasteiger partial charge in [-0.1, -0.05) is 12.5 Å². The minimum Gasteiger partial charge on any atom is -0.504 e. The van der Waals surface area contributed by atoms with E-state index in [4.69, 9.17) is 27.8 Å². The van der Waals surface area contributed by atoms with Gasteiger partial charge < -0.3 is 32.9 Å². The van der Waals surface area contributed by atoms with Crippen molar-refractivity contribution in [3.8, 4) is 0 Å². The third-order valence-electron chi connectivity index (χ3n) is 10.3. The van der Waals surface area contributed by atoms with Crippen LogP contribution in [0.4, 0.5) is 0 Å². The Morgan fingerprint density at radius 2 is 1.64 bits per heavy atom. The number of allylic oxidation sites excluding steroid dienone is 2. The average Bonchev–Trinajstić information content (AvgIpc) is 3.16. The van der Waals surface area contributed by atoms with Crippen molar-refractivity contribution in [3.63, 3.8) is 0 Å². The molecule has 3 aliphatic carbocycles. The molecule has 4 fully saturated rings. The van der Waals surface area contributed by atoms with E-state index >= 15 is 0 Å². The van der Waals surface area contributed by atoms with Crippen LogP contribution in [0.2, 0.25) is 39.3 Å². The van der Waals surface area contributed by atoms with Crippen LogP contribution in [0.15, 0.2) is 23.0 Å². The topological polar surface area (TPSA) is 144 Å². The molecule has 0 unspecified atom stereocenters. The molecule has 0 radical (unpaired) electrons. The summed E-state index contributed by atoms with van der Waals surface area (Å²) < 4.78 is 38.5. The monoisotopic (exact) mass is 664 g/mol. The molecular formula is C32H48O11Si2. The van der Waals surface area contributed by atoms with Crippen molar-refractivity contribution in [1.82, 2.24) is 0 Å². The van der Waals surface area contributed by atoms with Gasteiger partial charge in [0.1, 0.15) is 18.3 Å². The van der Waals surface area contributed by atoms with Crippen LogP contribution in [0.5, 0.6) is 0 Å². The Bertz CT molecular complexity index is 1370. The van der Waals surface area contributed by atoms with E-state index in [0.717, 1.165) is 0 Å². The SMILES string of the molecule is COC(=O)[C@]12OC[C@]34[C@H](OC(=O)C[C@@H]13)[C@H](OC(=O)C=C(C)C)[C@H]1C(C)=C(O)C(=O)C[C@]1(C)[C@H]4[C@@H](O[Si](C)(C)C)[C@@H]2O[Si](C)(C)C. The first-order valence-electron chi connectivity index (χ1n) is 15.7. The number of ether oxygens (including phenoxy) is 4. The molecule has 45 heavy (non-hydrogen) atoms. The molecule has 2 aliphatic heterocycles. The molecule has 10 atom stereocenters. The first-order chi connectivity index (χ1) is 20.6. The lowest BCUT2D eigenvalue weighted by molar-refractivity contribution is -0.291. The molecular weight excluding hydrogens is 617 g/mol. The Labute approximate surface area is 267 Å². The third-order valence-corrected chi connectivity index (χ3v) is 12.3. The second-order valence-electron chi connectivity index (χ2n) is 15.9. The summed E-state index contributed by atoms with van der Waals surface area (Å²) in [7, 11) is -3.57. The highest BCUT2D eigenvalue weighted by Gasteiger charge is 2.85. The van der Waals surface area contributed by atoms with Crippen molar-refractivity contribution in [2.75, 3.05) is 13.7 Å².